The molecule has 0 aliphatic carbocycles. The van der Waals surface area contributed by atoms with Crippen molar-refractivity contribution in [2.45, 2.75) is 19.3 Å². The van der Waals surface area contributed by atoms with Gasteiger partial charge in [-0.2, -0.15) is 0 Å². The van der Waals surface area contributed by atoms with Crippen molar-refractivity contribution in [3.63, 3.8) is 0 Å². The Balaban J connectivity index is 1.74. The molecule has 0 spiro atoms. The first kappa shape index (κ1) is 10.3. The van der Waals surface area contributed by atoms with Crippen LogP contribution in [0.2, 0.25) is 0 Å². The van der Waals surface area contributed by atoms with Crippen molar-refractivity contribution in [3.05, 3.63) is 42.1 Å². The number of anilines is 1. The molecule has 1 saturated heterocycles. The third kappa shape index (κ3) is 2.02. The second kappa shape index (κ2) is 4.20. The van der Waals surface area contributed by atoms with Gasteiger partial charge >= 0.3 is 0 Å². The number of aromatic nitrogens is 3. The zero-order chi connectivity index (χ0) is 11.7. The van der Waals surface area contributed by atoms with Crippen LogP contribution >= 0.6 is 0 Å². The van der Waals surface area contributed by atoms with E-state index in [1.54, 1.807) is 0 Å². The highest BCUT2D eigenvalue weighted by Crippen LogP contribution is 2.27. The number of H-pyrrole nitrogens is 1. The quantitative estimate of drug-likeness (QED) is 0.856. The second-order valence-corrected chi connectivity index (χ2v) is 4.57. The molecule has 1 aliphatic heterocycles. The molecular weight excluding hydrogens is 212 g/mol. The molecule has 1 fully saturated rings. The van der Waals surface area contributed by atoms with Gasteiger partial charge in [-0.15, -0.1) is 0 Å². The molecule has 0 unspecified atom stereocenters. The summed E-state index contributed by atoms with van der Waals surface area (Å²) in [6.07, 6.45) is 4.89. The molecule has 0 aromatic carbocycles. The molecule has 2 aromatic heterocycles. The monoisotopic (exact) mass is 228 g/mol. The molecule has 4 heteroatoms. The van der Waals surface area contributed by atoms with Crippen LogP contribution in [0.15, 0.2) is 30.6 Å². The molecule has 88 valence electrons. The third-order valence-corrected chi connectivity index (χ3v) is 3.27. The zero-order valence-corrected chi connectivity index (χ0v) is 9.93. The molecule has 0 radical (unpaired) electrons. The van der Waals surface area contributed by atoms with Gasteiger partial charge in [-0.05, 0) is 25.5 Å². The highest BCUT2D eigenvalue weighted by atomic mass is 15.2. The van der Waals surface area contributed by atoms with Crippen molar-refractivity contribution < 1.29 is 0 Å². The van der Waals surface area contributed by atoms with Gasteiger partial charge in [-0.3, -0.25) is 0 Å². The van der Waals surface area contributed by atoms with E-state index >= 15 is 0 Å². The van der Waals surface area contributed by atoms with E-state index < -0.39 is 0 Å². The Morgan fingerprint density at radius 2 is 2.29 bits per heavy atom. The van der Waals surface area contributed by atoms with Crippen LogP contribution in [0.25, 0.3) is 0 Å². The van der Waals surface area contributed by atoms with Crippen molar-refractivity contribution in [1.82, 2.24) is 15.0 Å². The van der Waals surface area contributed by atoms with Gasteiger partial charge in [0, 0.05) is 37.1 Å². The van der Waals surface area contributed by atoms with Crippen LogP contribution < -0.4 is 4.90 Å². The van der Waals surface area contributed by atoms with Gasteiger partial charge in [0.15, 0.2) is 0 Å². The molecule has 2 aromatic rings. The van der Waals surface area contributed by atoms with E-state index in [2.05, 4.69) is 25.9 Å². The lowest BCUT2D eigenvalue weighted by molar-refractivity contribution is 0.720. The molecule has 0 saturated carbocycles. The van der Waals surface area contributed by atoms with Crippen LogP contribution in [0.3, 0.4) is 0 Å². The fourth-order valence-electron chi connectivity index (χ4n) is 2.37. The molecule has 3 rings (SSSR count). The van der Waals surface area contributed by atoms with Gasteiger partial charge in [-0.1, -0.05) is 6.07 Å². The SMILES string of the molecule is Cc1cnc([C@H]2CCN(c3ccccn3)C2)[nH]1. The number of hydrogen-bond donors (Lipinski definition) is 1. The van der Waals surface area contributed by atoms with E-state index in [0.717, 1.165) is 36.8 Å². The maximum atomic E-state index is 4.42. The lowest BCUT2D eigenvalue weighted by Gasteiger charge is -2.16. The van der Waals surface area contributed by atoms with Gasteiger partial charge in [0.25, 0.3) is 0 Å². The summed E-state index contributed by atoms with van der Waals surface area (Å²) in [5.41, 5.74) is 1.14. The normalized spacial score (nSPS) is 19.8. The van der Waals surface area contributed by atoms with E-state index in [1.807, 2.05) is 31.5 Å². The molecule has 1 atom stereocenters. The Labute approximate surface area is 101 Å². The summed E-state index contributed by atoms with van der Waals surface area (Å²) in [4.78, 5) is 14.5. The smallest absolute Gasteiger partial charge is 0.128 e. The lowest BCUT2D eigenvalue weighted by Crippen LogP contribution is -2.20. The predicted molar refractivity (Wildman–Crippen MR) is 67.1 cm³/mol. The van der Waals surface area contributed by atoms with Gasteiger partial charge < -0.3 is 9.88 Å². The minimum atomic E-state index is 0.505. The summed E-state index contributed by atoms with van der Waals surface area (Å²) >= 11 is 0. The topological polar surface area (TPSA) is 44.8 Å². The molecule has 1 N–H and O–H groups in total. The molecular formula is C13H16N4. The summed E-state index contributed by atoms with van der Waals surface area (Å²) in [5, 5.41) is 0. The molecule has 0 bridgehead atoms. The maximum absolute atomic E-state index is 4.42. The van der Waals surface area contributed by atoms with Gasteiger partial charge in [0.05, 0.1) is 0 Å². The first-order valence-corrected chi connectivity index (χ1v) is 6.00. The highest BCUT2D eigenvalue weighted by molar-refractivity contribution is 5.40. The van der Waals surface area contributed by atoms with Crippen LogP contribution in [-0.2, 0) is 0 Å². The van der Waals surface area contributed by atoms with Crippen LogP contribution in [0.5, 0.6) is 0 Å². The number of imidazole rings is 1. The molecule has 4 nitrogen and oxygen atoms in total. The van der Waals surface area contributed by atoms with Crippen LogP contribution in [0.4, 0.5) is 5.82 Å². The average molecular weight is 228 g/mol. The number of nitrogens with zero attached hydrogens (tertiary/aromatic N) is 3. The van der Waals surface area contributed by atoms with E-state index in [4.69, 9.17) is 0 Å². The van der Waals surface area contributed by atoms with Crippen molar-refractivity contribution in [1.29, 1.82) is 0 Å². The Hall–Kier alpha value is -1.84. The van der Waals surface area contributed by atoms with E-state index in [9.17, 15) is 0 Å². The fraction of sp³-hybridized carbons (Fsp3) is 0.385. The lowest BCUT2D eigenvalue weighted by atomic mass is 10.1. The van der Waals surface area contributed by atoms with Crippen molar-refractivity contribution in [3.8, 4) is 0 Å². The van der Waals surface area contributed by atoms with E-state index in [1.165, 1.54) is 0 Å². The number of aromatic amines is 1. The van der Waals surface area contributed by atoms with E-state index in [0.29, 0.717) is 5.92 Å². The fourth-order valence-corrected chi connectivity index (χ4v) is 2.37. The second-order valence-electron chi connectivity index (χ2n) is 4.57. The maximum Gasteiger partial charge on any atom is 0.128 e. The van der Waals surface area contributed by atoms with Crippen molar-refractivity contribution >= 4 is 5.82 Å². The van der Waals surface area contributed by atoms with Gasteiger partial charge in [-0.25, -0.2) is 9.97 Å². The van der Waals surface area contributed by atoms with Crippen LogP contribution in [0, 0.1) is 6.92 Å². The summed E-state index contributed by atoms with van der Waals surface area (Å²) in [6.45, 7) is 4.10. The summed E-state index contributed by atoms with van der Waals surface area (Å²) < 4.78 is 0. The zero-order valence-electron chi connectivity index (χ0n) is 9.93. The number of nitrogens with one attached hydrogen (secondary N) is 1. The minimum absolute atomic E-state index is 0.505. The Kier molecular flexibility index (Phi) is 2.55. The molecule has 1 aliphatic rings. The molecule has 17 heavy (non-hydrogen) atoms. The predicted octanol–water partition coefficient (Wildman–Crippen LogP) is 2.11. The van der Waals surface area contributed by atoms with Crippen molar-refractivity contribution in [2.75, 3.05) is 18.0 Å². The number of pyridine rings is 1. The Morgan fingerprint density at radius 3 is 3.00 bits per heavy atom. The average Bonchev–Trinajstić information content (AvgIpc) is 2.98. The first-order chi connectivity index (χ1) is 8.33. The van der Waals surface area contributed by atoms with Gasteiger partial charge in [0.2, 0.25) is 0 Å². The molecule has 3 heterocycles. The highest BCUT2D eigenvalue weighted by Gasteiger charge is 2.26. The van der Waals surface area contributed by atoms with Crippen LogP contribution in [0.1, 0.15) is 23.9 Å². The summed E-state index contributed by atoms with van der Waals surface area (Å²) in [7, 11) is 0. The van der Waals surface area contributed by atoms with E-state index in [-0.39, 0.29) is 0 Å². The number of hydrogen-bond acceptors (Lipinski definition) is 3. The summed E-state index contributed by atoms with van der Waals surface area (Å²) in [5.74, 6) is 2.69. The van der Waals surface area contributed by atoms with Crippen molar-refractivity contribution in [2.24, 2.45) is 0 Å². The molecule has 0 amide bonds. The Bertz CT molecular complexity index is 491. The summed E-state index contributed by atoms with van der Waals surface area (Å²) in [6, 6.07) is 6.05. The standard InChI is InChI=1S/C13H16N4/c1-10-8-15-13(16-10)11-5-7-17(9-11)12-4-2-3-6-14-12/h2-4,6,8,11H,5,7,9H2,1H3,(H,15,16)/t11-/m0/s1. The first-order valence-electron chi connectivity index (χ1n) is 6.00. The third-order valence-electron chi connectivity index (χ3n) is 3.27. The Morgan fingerprint density at radius 1 is 1.35 bits per heavy atom. The number of rotatable bonds is 2. The van der Waals surface area contributed by atoms with Crippen LogP contribution in [-0.4, -0.2) is 28.0 Å². The minimum Gasteiger partial charge on any atom is -0.356 e. The largest absolute Gasteiger partial charge is 0.356 e. The number of aryl methyl sites for hydroxylation is 1. The van der Waals surface area contributed by atoms with Gasteiger partial charge in [0.1, 0.15) is 11.6 Å².